The number of hydrogen-bond donors (Lipinski definition) is 2. The summed E-state index contributed by atoms with van der Waals surface area (Å²) in [7, 11) is 7.13. The molecule has 148 valence electrons. The Morgan fingerprint density at radius 3 is 2.50 bits per heavy atom. The topological polar surface area (TPSA) is 45.1 Å². The molecule has 3 N–H and O–H groups in total. The minimum atomic E-state index is -2.87. The molecule has 0 amide bonds. The number of anilines is 1. The predicted octanol–water partition coefficient (Wildman–Crippen LogP) is 3.55. The summed E-state index contributed by atoms with van der Waals surface area (Å²) in [6.45, 7) is 1.69. The number of hydrogen-bond acceptors (Lipinski definition) is 2. The van der Waals surface area contributed by atoms with E-state index in [9.17, 15) is 8.78 Å². The zero-order valence-electron chi connectivity index (χ0n) is 15.5. The van der Waals surface area contributed by atoms with Crippen LogP contribution in [0.15, 0.2) is 36.4 Å². The Hall–Kier alpha value is -1.11. The number of benzene rings is 2. The summed E-state index contributed by atoms with van der Waals surface area (Å²) >= 11 is 0. The molecule has 3 unspecified atom stereocenters. The monoisotopic (exact) mass is 437 g/mol. The van der Waals surface area contributed by atoms with E-state index in [4.69, 9.17) is 5.73 Å². The number of alkyl halides is 2. The number of nitrogens with zero attached hydrogens (tertiary/aromatic N) is 1. The van der Waals surface area contributed by atoms with E-state index in [1.807, 2.05) is 42.2 Å². The molecule has 2 heterocycles. The van der Waals surface area contributed by atoms with Crippen LogP contribution in [0, 0.1) is 0 Å². The summed E-state index contributed by atoms with van der Waals surface area (Å²) in [5, 5.41) is 3.01. The highest BCUT2D eigenvalue weighted by Gasteiger charge is 2.41. The minimum absolute atomic E-state index is 0.0329. The van der Waals surface area contributed by atoms with Crippen molar-refractivity contribution >= 4 is 54.9 Å². The highest BCUT2D eigenvalue weighted by atomic mass is 31.0. The highest BCUT2D eigenvalue weighted by Crippen LogP contribution is 2.42. The number of para-hydroxylation sites is 1. The zero-order chi connectivity index (χ0) is 20.2. The summed E-state index contributed by atoms with van der Waals surface area (Å²) in [4.78, 5) is 5.43. The normalized spacial score (nSPS) is 20.5. The maximum atomic E-state index is 14.1. The Kier molecular flexibility index (Phi) is 5.26. The number of H-pyrrole nitrogens is 1. The molecule has 0 saturated carbocycles. The second-order valence-corrected chi connectivity index (χ2v) is 9.65. The van der Waals surface area contributed by atoms with Gasteiger partial charge in [-0.2, -0.15) is 0 Å². The van der Waals surface area contributed by atoms with Gasteiger partial charge in [-0.1, -0.05) is 27.4 Å². The van der Waals surface area contributed by atoms with E-state index in [0.29, 0.717) is 5.69 Å². The van der Waals surface area contributed by atoms with Gasteiger partial charge in [0.15, 0.2) is 0 Å². The minimum Gasteiger partial charge on any atom is -0.399 e. The van der Waals surface area contributed by atoms with Crippen molar-refractivity contribution < 1.29 is 8.78 Å². The Labute approximate surface area is 170 Å². The van der Waals surface area contributed by atoms with Gasteiger partial charge in [0.05, 0.1) is 12.6 Å². The molecule has 3 aromatic rings. The van der Waals surface area contributed by atoms with Gasteiger partial charge in [-0.05, 0) is 53.3 Å². The van der Waals surface area contributed by atoms with Crippen LogP contribution in [-0.4, -0.2) is 28.1 Å². The molecule has 4 rings (SSSR count). The quantitative estimate of drug-likeness (QED) is 0.486. The third-order valence-corrected chi connectivity index (χ3v) is 6.59. The first-order chi connectivity index (χ1) is 13.2. The molecule has 1 aliphatic rings. The van der Waals surface area contributed by atoms with Gasteiger partial charge in [-0.3, -0.25) is 4.90 Å². The summed E-state index contributed by atoms with van der Waals surface area (Å²) in [6.07, 6.45) is 0.726. The summed E-state index contributed by atoms with van der Waals surface area (Å²) in [6, 6.07) is 11.6. The second-order valence-electron chi connectivity index (χ2n) is 7.56. The third kappa shape index (κ3) is 3.59. The Morgan fingerprint density at radius 2 is 1.86 bits per heavy atom. The van der Waals surface area contributed by atoms with E-state index in [1.165, 1.54) is 5.56 Å². The fourth-order valence-electron chi connectivity index (χ4n) is 4.35. The summed E-state index contributed by atoms with van der Waals surface area (Å²) in [5.74, 6) is 0. The van der Waals surface area contributed by atoms with Gasteiger partial charge in [0.1, 0.15) is 0 Å². The average Bonchev–Trinajstić information content (AvgIpc) is 2.94. The highest BCUT2D eigenvalue weighted by molar-refractivity contribution is 7.30. The van der Waals surface area contributed by atoms with Gasteiger partial charge in [0.25, 0.3) is 5.66 Å². The lowest BCUT2D eigenvalue weighted by molar-refractivity contribution is 0.0198. The first-order valence-electron chi connectivity index (χ1n) is 9.12. The van der Waals surface area contributed by atoms with E-state index in [1.54, 1.807) is 9.24 Å². The Bertz CT molecular complexity index is 1020. The SMILES string of the molecule is C[C@@H]1Cc2c([nH]c3ccccc23)[C@@H](c2c(P)cc(N)cc2P)N1CC(F)(F)P. The van der Waals surface area contributed by atoms with Crippen LogP contribution >= 0.6 is 27.7 Å². The summed E-state index contributed by atoms with van der Waals surface area (Å²) in [5.41, 5.74) is 8.01. The molecule has 0 fully saturated rings. The van der Waals surface area contributed by atoms with Crippen LogP contribution in [0.1, 0.15) is 29.8 Å². The smallest absolute Gasteiger partial charge is 0.271 e. The number of nitrogen functional groups attached to an aromatic ring is 1. The number of nitrogens with two attached hydrogens (primary N) is 1. The van der Waals surface area contributed by atoms with Gasteiger partial charge >= 0.3 is 0 Å². The molecule has 3 nitrogen and oxygen atoms in total. The first-order valence-corrected chi connectivity index (χ1v) is 10.8. The standard InChI is InChI=1S/C20H24F2N3P3/c1-10-6-13-12-4-2-3-5-14(12)24-18(13)19(25(10)9-20(21,22)28)17-15(26)7-11(23)8-16(17)27/h2-5,7-8,10,19,24H,6,9,23,26-28H2,1H3/t10-,19-/m1/s1. The molecule has 0 bridgehead atoms. The zero-order valence-corrected chi connectivity index (χ0v) is 19.0. The summed E-state index contributed by atoms with van der Waals surface area (Å²) < 4.78 is 28.2. The molecule has 1 aliphatic heterocycles. The molecule has 8 heteroatoms. The number of fused-ring (bicyclic) bond motifs is 3. The largest absolute Gasteiger partial charge is 0.399 e. The molecule has 0 aliphatic carbocycles. The van der Waals surface area contributed by atoms with E-state index in [0.717, 1.165) is 39.2 Å². The van der Waals surface area contributed by atoms with Crippen molar-refractivity contribution in [2.75, 3.05) is 12.3 Å². The number of aromatic amines is 1. The van der Waals surface area contributed by atoms with Crippen LogP contribution in [0.4, 0.5) is 14.5 Å². The number of rotatable bonds is 3. The van der Waals surface area contributed by atoms with Crippen molar-refractivity contribution in [3.63, 3.8) is 0 Å². The van der Waals surface area contributed by atoms with Gasteiger partial charge in [-0.15, -0.1) is 18.5 Å². The van der Waals surface area contributed by atoms with Crippen LogP contribution in [0.2, 0.25) is 0 Å². The maximum absolute atomic E-state index is 14.1. The molecule has 0 spiro atoms. The maximum Gasteiger partial charge on any atom is 0.271 e. The van der Waals surface area contributed by atoms with Crippen molar-refractivity contribution in [3.8, 4) is 0 Å². The molecular weight excluding hydrogens is 413 g/mol. The molecule has 0 saturated heterocycles. The van der Waals surface area contributed by atoms with Crippen LogP contribution < -0.4 is 16.3 Å². The van der Waals surface area contributed by atoms with Gasteiger partial charge in [-0.25, -0.2) is 8.78 Å². The van der Waals surface area contributed by atoms with E-state index >= 15 is 0 Å². The molecular formula is C20H24F2N3P3. The lowest BCUT2D eigenvalue weighted by Crippen LogP contribution is -2.48. The van der Waals surface area contributed by atoms with Crippen molar-refractivity contribution in [2.24, 2.45) is 0 Å². The van der Waals surface area contributed by atoms with Crippen LogP contribution in [-0.2, 0) is 6.42 Å². The molecule has 0 radical (unpaired) electrons. The number of halogens is 2. The van der Waals surface area contributed by atoms with Crippen molar-refractivity contribution in [1.82, 2.24) is 9.88 Å². The fraction of sp³-hybridized carbons (Fsp3) is 0.300. The van der Waals surface area contributed by atoms with Crippen LogP contribution in [0.5, 0.6) is 0 Å². The van der Waals surface area contributed by atoms with E-state index in [-0.39, 0.29) is 18.6 Å². The first kappa shape index (κ1) is 20.2. The Morgan fingerprint density at radius 1 is 1.21 bits per heavy atom. The molecule has 2 aromatic carbocycles. The lowest BCUT2D eigenvalue weighted by atomic mass is 9.88. The van der Waals surface area contributed by atoms with Crippen molar-refractivity contribution in [3.05, 3.63) is 53.2 Å². The Balaban J connectivity index is 1.98. The van der Waals surface area contributed by atoms with Crippen molar-refractivity contribution in [2.45, 2.75) is 31.1 Å². The van der Waals surface area contributed by atoms with Gasteiger partial charge in [0, 0.05) is 28.3 Å². The third-order valence-electron chi connectivity index (χ3n) is 5.45. The number of aromatic nitrogens is 1. The molecule has 1 aromatic heterocycles. The lowest BCUT2D eigenvalue weighted by Gasteiger charge is -2.43. The fourth-order valence-corrected chi connectivity index (χ4v) is 5.76. The number of nitrogens with one attached hydrogen (secondary N) is 1. The van der Waals surface area contributed by atoms with Crippen LogP contribution in [0.25, 0.3) is 10.9 Å². The van der Waals surface area contributed by atoms with E-state index in [2.05, 4.69) is 29.5 Å². The molecule has 28 heavy (non-hydrogen) atoms. The van der Waals surface area contributed by atoms with Gasteiger partial charge < -0.3 is 10.7 Å². The van der Waals surface area contributed by atoms with Gasteiger partial charge in [0.2, 0.25) is 0 Å². The molecule has 5 atom stereocenters. The second kappa shape index (κ2) is 7.29. The van der Waals surface area contributed by atoms with Crippen molar-refractivity contribution in [1.29, 1.82) is 0 Å². The predicted molar refractivity (Wildman–Crippen MR) is 124 cm³/mol. The average molecular weight is 437 g/mol. The van der Waals surface area contributed by atoms with Crippen LogP contribution in [0.3, 0.4) is 0 Å². The van der Waals surface area contributed by atoms with E-state index < -0.39 is 5.66 Å².